The maximum Gasteiger partial charge on any atom is 0.164 e. The fraction of sp³-hybridized carbons (Fsp3) is 0.900. The van der Waals surface area contributed by atoms with Gasteiger partial charge in [-0.1, -0.05) is 20.8 Å². The maximum atomic E-state index is 11.2. The molecule has 0 bridgehead atoms. The van der Waals surface area contributed by atoms with Crippen molar-refractivity contribution < 1.29 is 9.53 Å². The van der Waals surface area contributed by atoms with E-state index in [0.29, 0.717) is 17.1 Å². The summed E-state index contributed by atoms with van der Waals surface area (Å²) in [7, 11) is 0. The van der Waals surface area contributed by atoms with E-state index in [4.69, 9.17) is 4.74 Å². The molecule has 0 aromatic carbocycles. The van der Waals surface area contributed by atoms with E-state index >= 15 is 0 Å². The molecule has 0 amide bonds. The predicted octanol–water partition coefficient (Wildman–Crippen LogP) is 1.78. The lowest BCUT2D eigenvalue weighted by molar-refractivity contribution is -0.121. The molecule has 1 aliphatic heterocycles. The van der Waals surface area contributed by atoms with Crippen molar-refractivity contribution in [2.75, 3.05) is 0 Å². The van der Waals surface area contributed by atoms with Crippen LogP contribution in [-0.2, 0) is 9.53 Å². The van der Waals surface area contributed by atoms with E-state index in [2.05, 4.69) is 20.8 Å². The zero-order chi connectivity index (χ0) is 8.93. The molecule has 1 saturated carbocycles. The van der Waals surface area contributed by atoms with E-state index in [1.807, 2.05) is 0 Å². The van der Waals surface area contributed by atoms with Crippen molar-refractivity contribution in [1.82, 2.24) is 0 Å². The Morgan fingerprint density at radius 2 is 2.08 bits per heavy atom. The minimum absolute atomic E-state index is 0.0250. The molecule has 2 fully saturated rings. The second kappa shape index (κ2) is 2.32. The smallest absolute Gasteiger partial charge is 0.164 e. The van der Waals surface area contributed by atoms with E-state index < -0.39 is 0 Å². The fourth-order valence-corrected chi connectivity index (χ4v) is 2.22. The van der Waals surface area contributed by atoms with Gasteiger partial charge >= 0.3 is 0 Å². The van der Waals surface area contributed by atoms with Crippen molar-refractivity contribution in [1.29, 1.82) is 0 Å². The molecule has 3 atom stereocenters. The molecule has 0 unspecified atom stereocenters. The van der Waals surface area contributed by atoms with Crippen LogP contribution >= 0.6 is 0 Å². The molecule has 2 nitrogen and oxygen atoms in total. The molecule has 1 heterocycles. The number of carbonyl (C=O) groups excluding carboxylic acids is 1. The molecule has 2 heteroatoms. The van der Waals surface area contributed by atoms with Crippen LogP contribution in [0.2, 0.25) is 0 Å². The van der Waals surface area contributed by atoms with Crippen LogP contribution in [0.4, 0.5) is 0 Å². The minimum Gasteiger partial charge on any atom is -0.361 e. The van der Waals surface area contributed by atoms with E-state index in [-0.39, 0.29) is 12.2 Å². The average Bonchev–Trinajstić information content (AvgIpc) is 2.64. The predicted molar refractivity (Wildman–Crippen MR) is 45.8 cm³/mol. The highest BCUT2D eigenvalue weighted by Crippen LogP contribution is 2.46. The summed E-state index contributed by atoms with van der Waals surface area (Å²) in [5.41, 5.74) is 0.292. The average molecular weight is 168 g/mol. The van der Waals surface area contributed by atoms with Gasteiger partial charge in [0, 0.05) is 6.42 Å². The summed E-state index contributed by atoms with van der Waals surface area (Å²) in [6.45, 7) is 6.69. The SMILES string of the molecule is CC(C)(C)[C@@H]1CCC(=O)[C@H]2O[C@H]21. The van der Waals surface area contributed by atoms with Gasteiger partial charge in [0.05, 0.1) is 6.10 Å². The van der Waals surface area contributed by atoms with E-state index in [1.54, 1.807) is 0 Å². The number of Topliss-reactive ketones (excluding diaryl/α,β-unsaturated/α-hetero) is 1. The van der Waals surface area contributed by atoms with Gasteiger partial charge in [0.15, 0.2) is 5.78 Å². The summed E-state index contributed by atoms with van der Waals surface area (Å²) < 4.78 is 5.38. The molecule has 1 aliphatic carbocycles. The molecule has 2 rings (SSSR count). The number of ketones is 1. The molecular formula is C10H16O2. The number of hydrogen-bond donors (Lipinski definition) is 0. The van der Waals surface area contributed by atoms with Crippen LogP contribution in [0.25, 0.3) is 0 Å². The zero-order valence-electron chi connectivity index (χ0n) is 7.96. The minimum atomic E-state index is -0.0250. The molecule has 0 spiro atoms. The Labute approximate surface area is 73.3 Å². The standard InChI is InChI=1S/C10H16O2/c1-10(2,3)6-4-5-7(11)9-8(6)12-9/h6,8-9H,4-5H2,1-3H3/t6-,8+,9-/m1/s1. The van der Waals surface area contributed by atoms with Crippen molar-refractivity contribution in [3.8, 4) is 0 Å². The van der Waals surface area contributed by atoms with Gasteiger partial charge in [-0.3, -0.25) is 4.79 Å². The third-order valence-corrected chi connectivity index (χ3v) is 3.05. The molecule has 0 radical (unpaired) electrons. The van der Waals surface area contributed by atoms with Crippen LogP contribution in [0.15, 0.2) is 0 Å². The monoisotopic (exact) mass is 168 g/mol. The fourth-order valence-electron chi connectivity index (χ4n) is 2.22. The van der Waals surface area contributed by atoms with Gasteiger partial charge in [-0.25, -0.2) is 0 Å². The quantitative estimate of drug-likeness (QED) is 0.516. The largest absolute Gasteiger partial charge is 0.361 e. The lowest BCUT2D eigenvalue weighted by atomic mass is 9.72. The Kier molecular flexibility index (Phi) is 1.59. The number of hydrogen-bond acceptors (Lipinski definition) is 2. The molecule has 0 N–H and O–H groups in total. The first-order chi connectivity index (χ1) is 5.50. The first-order valence-corrected chi connectivity index (χ1v) is 4.68. The first kappa shape index (κ1) is 8.24. The van der Waals surface area contributed by atoms with E-state index in [0.717, 1.165) is 12.8 Å². The molecule has 2 aliphatic rings. The Hall–Kier alpha value is -0.370. The van der Waals surface area contributed by atoms with Gasteiger partial charge in [-0.15, -0.1) is 0 Å². The van der Waals surface area contributed by atoms with Crippen molar-refractivity contribution in [2.24, 2.45) is 11.3 Å². The first-order valence-electron chi connectivity index (χ1n) is 4.68. The van der Waals surface area contributed by atoms with E-state index in [9.17, 15) is 4.79 Å². The maximum absolute atomic E-state index is 11.2. The van der Waals surface area contributed by atoms with Crippen molar-refractivity contribution >= 4 is 5.78 Å². The van der Waals surface area contributed by atoms with Crippen molar-refractivity contribution in [2.45, 2.75) is 45.8 Å². The lowest BCUT2D eigenvalue weighted by Crippen LogP contribution is -2.32. The van der Waals surface area contributed by atoms with Crippen LogP contribution in [0.3, 0.4) is 0 Å². The molecule has 1 saturated heterocycles. The Morgan fingerprint density at radius 3 is 2.67 bits per heavy atom. The van der Waals surface area contributed by atoms with Gasteiger partial charge in [0.25, 0.3) is 0 Å². The molecular weight excluding hydrogens is 152 g/mol. The highest BCUT2D eigenvalue weighted by molar-refractivity contribution is 5.87. The third kappa shape index (κ3) is 1.18. The molecule has 0 aromatic heterocycles. The second-order valence-corrected chi connectivity index (χ2v) is 5.00. The summed E-state index contributed by atoms with van der Waals surface area (Å²) in [6, 6.07) is 0. The van der Waals surface area contributed by atoms with Crippen molar-refractivity contribution in [3.05, 3.63) is 0 Å². The normalized spacial score (nSPS) is 40.9. The van der Waals surface area contributed by atoms with E-state index in [1.165, 1.54) is 0 Å². The van der Waals surface area contributed by atoms with Crippen LogP contribution in [0, 0.1) is 11.3 Å². The van der Waals surface area contributed by atoms with Gasteiger partial charge in [-0.05, 0) is 17.8 Å². The number of ether oxygens (including phenoxy) is 1. The highest BCUT2D eigenvalue weighted by atomic mass is 16.6. The van der Waals surface area contributed by atoms with Gasteiger partial charge in [0.2, 0.25) is 0 Å². The molecule has 68 valence electrons. The van der Waals surface area contributed by atoms with Crippen LogP contribution < -0.4 is 0 Å². The number of epoxide rings is 1. The summed E-state index contributed by atoms with van der Waals surface area (Å²) in [5, 5.41) is 0. The molecule has 0 aromatic rings. The second-order valence-electron chi connectivity index (χ2n) is 5.00. The Balaban J connectivity index is 2.08. The van der Waals surface area contributed by atoms with Crippen LogP contribution in [0.1, 0.15) is 33.6 Å². The number of fused-ring (bicyclic) bond motifs is 1. The summed E-state index contributed by atoms with van der Waals surface area (Å²) >= 11 is 0. The third-order valence-electron chi connectivity index (χ3n) is 3.05. The summed E-state index contributed by atoms with van der Waals surface area (Å²) in [6.07, 6.45) is 1.97. The molecule has 12 heavy (non-hydrogen) atoms. The topological polar surface area (TPSA) is 29.6 Å². The zero-order valence-corrected chi connectivity index (χ0v) is 7.96. The van der Waals surface area contributed by atoms with Crippen LogP contribution in [-0.4, -0.2) is 18.0 Å². The van der Waals surface area contributed by atoms with Gasteiger partial charge in [0.1, 0.15) is 6.10 Å². The Morgan fingerprint density at radius 1 is 1.42 bits per heavy atom. The Bertz CT molecular complexity index is 214. The summed E-state index contributed by atoms with van der Waals surface area (Å²) in [5.74, 6) is 0.903. The van der Waals surface area contributed by atoms with Crippen LogP contribution in [0.5, 0.6) is 0 Å². The number of carbonyl (C=O) groups is 1. The van der Waals surface area contributed by atoms with Gasteiger partial charge in [-0.2, -0.15) is 0 Å². The van der Waals surface area contributed by atoms with Gasteiger partial charge < -0.3 is 4.74 Å². The van der Waals surface area contributed by atoms with Crippen molar-refractivity contribution in [3.63, 3.8) is 0 Å². The lowest BCUT2D eigenvalue weighted by Gasteiger charge is -2.31. The highest BCUT2D eigenvalue weighted by Gasteiger charge is 2.55. The summed E-state index contributed by atoms with van der Waals surface area (Å²) in [4.78, 5) is 11.2. The number of rotatable bonds is 0.